The summed E-state index contributed by atoms with van der Waals surface area (Å²) < 4.78 is 13.7. The third-order valence-electron chi connectivity index (χ3n) is 3.49. The van der Waals surface area contributed by atoms with E-state index in [1.165, 1.54) is 12.1 Å². The molecule has 0 bridgehead atoms. The molecule has 1 aromatic rings. The zero-order chi connectivity index (χ0) is 13.9. The predicted octanol–water partition coefficient (Wildman–Crippen LogP) is 2.03. The van der Waals surface area contributed by atoms with Crippen molar-refractivity contribution in [2.75, 3.05) is 18.4 Å². The molecule has 100 valence electrons. The summed E-state index contributed by atoms with van der Waals surface area (Å²) in [5.74, 6) is -0.775. The summed E-state index contributed by atoms with van der Waals surface area (Å²) in [5.41, 5.74) is -0.157. The third kappa shape index (κ3) is 2.91. The number of anilines is 1. The lowest BCUT2D eigenvalue weighted by Crippen LogP contribution is -2.46. The Morgan fingerprint density at radius 2 is 2.37 bits per heavy atom. The van der Waals surface area contributed by atoms with E-state index in [1.807, 2.05) is 13.0 Å². The molecule has 1 aromatic carbocycles. The van der Waals surface area contributed by atoms with Gasteiger partial charge >= 0.3 is 0 Å². The van der Waals surface area contributed by atoms with Gasteiger partial charge < -0.3 is 10.6 Å². The monoisotopic (exact) mass is 261 g/mol. The first kappa shape index (κ1) is 13.5. The van der Waals surface area contributed by atoms with Crippen LogP contribution in [0.5, 0.6) is 0 Å². The standard InChI is InChI=1S/C14H16FN3O/c1-14(5-2-6-17-9-14)13(19)18-12-4-3-10(8-16)7-11(12)15/h3-4,7,17H,2,5-6,9H2,1H3,(H,18,19). The van der Waals surface area contributed by atoms with E-state index >= 15 is 0 Å². The smallest absolute Gasteiger partial charge is 0.231 e. The van der Waals surface area contributed by atoms with Gasteiger partial charge in [0.25, 0.3) is 0 Å². The lowest BCUT2D eigenvalue weighted by Gasteiger charge is -2.32. The fourth-order valence-corrected chi connectivity index (χ4v) is 2.21. The van der Waals surface area contributed by atoms with Crippen molar-refractivity contribution in [3.8, 4) is 6.07 Å². The fourth-order valence-electron chi connectivity index (χ4n) is 2.21. The van der Waals surface area contributed by atoms with E-state index in [1.54, 1.807) is 0 Å². The Morgan fingerprint density at radius 1 is 1.58 bits per heavy atom. The summed E-state index contributed by atoms with van der Waals surface area (Å²) >= 11 is 0. The van der Waals surface area contributed by atoms with Gasteiger partial charge in [0.1, 0.15) is 5.82 Å². The fraction of sp³-hybridized carbons (Fsp3) is 0.429. The average molecular weight is 261 g/mol. The van der Waals surface area contributed by atoms with Crippen molar-refractivity contribution in [1.82, 2.24) is 5.32 Å². The van der Waals surface area contributed by atoms with Gasteiger partial charge in [0.2, 0.25) is 5.91 Å². The number of rotatable bonds is 2. The third-order valence-corrected chi connectivity index (χ3v) is 3.49. The molecule has 0 aromatic heterocycles. The Hall–Kier alpha value is -1.93. The highest BCUT2D eigenvalue weighted by molar-refractivity contribution is 5.95. The normalized spacial score (nSPS) is 22.6. The zero-order valence-electron chi connectivity index (χ0n) is 10.8. The number of nitrogens with one attached hydrogen (secondary N) is 2. The van der Waals surface area contributed by atoms with Gasteiger partial charge in [0.15, 0.2) is 0 Å². The van der Waals surface area contributed by atoms with Crippen LogP contribution in [0.2, 0.25) is 0 Å². The number of benzene rings is 1. The summed E-state index contributed by atoms with van der Waals surface area (Å²) in [6.07, 6.45) is 1.71. The molecule has 5 heteroatoms. The van der Waals surface area contributed by atoms with Crippen LogP contribution in [0, 0.1) is 22.6 Å². The Morgan fingerprint density at radius 3 is 2.95 bits per heavy atom. The maximum absolute atomic E-state index is 13.7. The van der Waals surface area contributed by atoms with Crippen molar-refractivity contribution in [3.05, 3.63) is 29.6 Å². The molecule has 0 saturated carbocycles. The second-order valence-electron chi connectivity index (χ2n) is 5.10. The number of halogens is 1. The highest BCUT2D eigenvalue weighted by atomic mass is 19.1. The Kier molecular flexibility index (Phi) is 3.82. The van der Waals surface area contributed by atoms with E-state index in [-0.39, 0.29) is 17.2 Å². The Labute approximate surface area is 111 Å². The van der Waals surface area contributed by atoms with Crippen LogP contribution in [0.3, 0.4) is 0 Å². The second kappa shape index (κ2) is 5.37. The minimum Gasteiger partial charge on any atom is -0.323 e. The van der Waals surface area contributed by atoms with E-state index in [0.717, 1.165) is 25.5 Å². The number of piperidine rings is 1. The van der Waals surface area contributed by atoms with E-state index in [4.69, 9.17) is 5.26 Å². The molecule has 1 aliphatic heterocycles. The zero-order valence-corrected chi connectivity index (χ0v) is 10.8. The van der Waals surface area contributed by atoms with Crippen molar-refractivity contribution in [1.29, 1.82) is 5.26 Å². The van der Waals surface area contributed by atoms with Crippen molar-refractivity contribution in [2.45, 2.75) is 19.8 Å². The van der Waals surface area contributed by atoms with Crippen LogP contribution in [0.4, 0.5) is 10.1 Å². The molecular weight excluding hydrogens is 245 g/mol. The summed E-state index contributed by atoms with van der Waals surface area (Å²) in [4.78, 5) is 12.2. The van der Waals surface area contributed by atoms with Crippen LogP contribution in [-0.2, 0) is 4.79 Å². The lowest BCUT2D eigenvalue weighted by molar-refractivity contribution is -0.125. The van der Waals surface area contributed by atoms with Crippen LogP contribution < -0.4 is 10.6 Å². The minimum absolute atomic E-state index is 0.121. The van der Waals surface area contributed by atoms with Gasteiger partial charge in [0.05, 0.1) is 22.7 Å². The summed E-state index contributed by atoms with van der Waals surface area (Å²) in [7, 11) is 0. The van der Waals surface area contributed by atoms with Gasteiger partial charge in [-0.3, -0.25) is 4.79 Å². The van der Waals surface area contributed by atoms with Crippen molar-refractivity contribution < 1.29 is 9.18 Å². The molecule has 1 unspecified atom stereocenters. The van der Waals surface area contributed by atoms with Crippen LogP contribution in [0.25, 0.3) is 0 Å². The Balaban J connectivity index is 2.13. The second-order valence-corrected chi connectivity index (χ2v) is 5.10. The topological polar surface area (TPSA) is 64.9 Å². The van der Waals surface area contributed by atoms with Crippen LogP contribution >= 0.6 is 0 Å². The summed E-state index contributed by atoms with van der Waals surface area (Å²) in [6.45, 7) is 3.38. The number of hydrogen-bond donors (Lipinski definition) is 2. The molecule has 0 aliphatic carbocycles. The van der Waals surface area contributed by atoms with Gasteiger partial charge in [-0.15, -0.1) is 0 Å². The SMILES string of the molecule is CC1(C(=O)Nc2ccc(C#N)cc2F)CCCNC1. The molecule has 0 spiro atoms. The molecule has 1 aliphatic rings. The first-order valence-electron chi connectivity index (χ1n) is 6.27. The van der Waals surface area contributed by atoms with E-state index in [9.17, 15) is 9.18 Å². The van der Waals surface area contributed by atoms with Crippen molar-refractivity contribution >= 4 is 11.6 Å². The van der Waals surface area contributed by atoms with Gasteiger partial charge in [-0.2, -0.15) is 5.26 Å². The largest absolute Gasteiger partial charge is 0.323 e. The van der Waals surface area contributed by atoms with Gasteiger partial charge in [-0.05, 0) is 44.5 Å². The molecule has 1 amide bonds. The number of carbonyl (C=O) groups excluding carboxylic acids is 1. The number of nitrogens with zero attached hydrogens (tertiary/aromatic N) is 1. The number of carbonyl (C=O) groups is 1. The molecule has 2 rings (SSSR count). The highest BCUT2D eigenvalue weighted by Gasteiger charge is 2.34. The number of hydrogen-bond acceptors (Lipinski definition) is 3. The molecule has 0 radical (unpaired) electrons. The lowest BCUT2D eigenvalue weighted by atomic mass is 9.82. The average Bonchev–Trinajstić information content (AvgIpc) is 2.41. The van der Waals surface area contributed by atoms with Crippen molar-refractivity contribution in [3.63, 3.8) is 0 Å². The van der Waals surface area contributed by atoms with Crippen LogP contribution in [0.1, 0.15) is 25.3 Å². The molecule has 1 heterocycles. The van der Waals surface area contributed by atoms with E-state index in [0.29, 0.717) is 6.54 Å². The molecule has 4 nitrogen and oxygen atoms in total. The van der Waals surface area contributed by atoms with Crippen molar-refractivity contribution in [2.24, 2.45) is 5.41 Å². The quantitative estimate of drug-likeness (QED) is 0.856. The van der Waals surface area contributed by atoms with E-state index in [2.05, 4.69) is 10.6 Å². The van der Waals surface area contributed by atoms with Gasteiger partial charge in [-0.1, -0.05) is 0 Å². The van der Waals surface area contributed by atoms with Crippen LogP contribution in [0.15, 0.2) is 18.2 Å². The molecule has 1 fully saturated rings. The molecule has 2 N–H and O–H groups in total. The van der Waals surface area contributed by atoms with Gasteiger partial charge in [-0.25, -0.2) is 4.39 Å². The molecule has 1 saturated heterocycles. The predicted molar refractivity (Wildman–Crippen MR) is 70.0 cm³/mol. The van der Waals surface area contributed by atoms with Crippen LogP contribution in [-0.4, -0.2) is 19.0 Å². The first-order chi connectivity index (χ1) is 9.05. The highest BCUT2D eigenvalue weighted by Crippen LogP contribution is 2.28. The maximum atomic E-state index is 13.7. The maximum Gasteiger partial charge on any atom is 0.231 e. The number of amides is 1. The Bertz CT molecular complexity index is 530. The molecular formula is C14H16FN3O. The molecule has 1 atom stereocenters. The minimum atomic E-state index is -0.584. The number of nitriles is 1. The molecule has 19 heavy (non-hydrogen) atoms. The van der Waals surface area contributed by atoms with E-state index < -0.39 is 11.2 Å². The summed E-state index contributed by atoms with van der Waals surface area (Å²) in [6, 6.07) is 5.89. The van der Waals surface area contributed by atoms with Gasteiger partial charge in [0, 0.05) is 6.54 Å². The summed E-state index contributed by atoms with van der Waals surface area (Å²) in [5, 5.41) is 14.5. The first-order valence-corrected chi connectivity index (χ1v) is 6.27.